The molecule has 0 N–H and O–H groups in total. The Balaban J connectivity index is 1.80. The molecule has 1 aliphatic rings. The summed E-state index contributed by atoms with van der Waals surface area (Å²) in [7, 11) is 2.13. The van der Waals surface area contributed by atoms with E-state index >= 15 is 0 Å². The highest BCUT2D eigenvalue weighted by Crippen LogP contribution is 2.24. The topological polar surface area (TPSA) is 23.6 Å². The molecule has 1 amide bonds. The Morgan fingerprint density at radius 2 is 1.82 bits per heavy atom. The molecule has 0 spiro atoms. The van der Waals surface area contributed by atoms with Crippen molar-refractivity contribution in [3.05, 3.63) is 71.3 Å². The number of carbonyl (C=O) groups is 1. The average molecular weight is 294 g/mol. The molecule has 3 rings (SSSR count). The van der Waals surface area contributed by atoms with Crippen LogP contribution in [-0.4, -0.2) is 42.4 Å². The lowest BCUT2D eigenvalue weighted by molar-refractivity contribution is 0.0546. The van der Waals surface area contributed by atoms with Gasteiger partial charge in [-0.25, -0.2) is 0 Å². The lowest BCUT2D eigenvalue weighted by Gasteiger charge is -2.39. The lowest BCUT2D eigenvalue weighted by atomic mass is 10.0. The van der Waals surface area contributed by atoms with Crippen molar-refractivity contribution in [1.29, 1.82) is 0 Å². The van der Waals surface area contributed by atoms with Gasteiger partial charge in [-0.3, -0.25) is 9.69 Å². The van der Waals surface area contributed by atoms with Crippen LogP contribution in [0.25, 0.3) is 0 Å². The second kappa shape index (κ2) is 6.32. The van der Waals surface area contributed by atoms with Crippen molar-refractivity contribution < 1.29 is 4.79 Å². The van der Waals surface area contributed by atoms with Crippen LogP contribution in [0.5, 0.6) is 0 Å². The average Bonchev–Trinajstić information content (AvgIpc) is 2.55. The van der Waals surface area contributed by atoms with Gasteiger partial charge in [0.2, 0.25) is 0 Å². The summed E-state index contributed by atoms with van der Waals surface area (Å²) < 4.78 is 0. The van der Waals surface area contributed by atoms with Gasteiger partial charge in [-0.2, -0.15) is 0 Å². The van der Waals surface area contributed by atoms with Gasteiger partial charge in [-0.1, -0.05) is 48.0 Å². The van der Waals surface area contributed by atoms with E-state index in [0.717, 1.165) is 30.8 Å². The molecule has 2 aromatic rings. The van der Waals surface area contributed by atoms with E-state index in [-0.39, 0.29) is 11.9 Å². The molecule has 2 aromatic carbocycles. The highest BCUT2D eigenvalue weighted by atomic mass is 16.2. The third kappa shape index (κ3) is 3.04. The highest BCUT2D eigenvalue weighted by Gasteiger charge is 2.28. The third-order valence-corrected chi connectivity index (χ3v) is 4.38. The van der Waals surface area contributed by atoms with E-state index in [1.807, 2.05) is 42.2 Å². The van der Waals surface area contributed by atoms with Crippen LogP contribution in [0, 0.1) is 6.92 Å². The van der Waals surface area contributed by atoms with Gasteiger partial charge in [0.15, 0.2) is 0 Å². The Hall–Kier alpha value is -2.13. The number of rotatable bonds is 2. The number of hydrogen-bond acceptors (Lipinski definition) is 2. The molecule has 0 bridgehead atoms. The molecular weight excluding hydrogens is 272 g/mol. The maximum absolute atomic E-state index is 12.7. The predicted molar refractivity (Wildman–Crippen MR) is 88.9 cm³/mol. The first-order valence-corrected chi connectivity index (χ1v) is 7.76. The molecular formula is C19H22N2O. The standard InChI is InChI=1S/C19H22N2O/c1-15-7-6-10-17(13-15)19(22)21-12-11-20(2)18(14-21)16-8-4-3-5-9-16/h3-10,13,18H,11-12,14H2,1-2H3. The minimum absolute atomic E-state index is 0.137. The quantitative estimate of drug-likeness (QED) is 0.849. The number of piperazine rings is 1. The van der Waals surface area contributed by atoms with Crippen molar-refractivity contribution in [3.63, 3.8) is 0 Å². The van der Waals surface area contributed by atoms with Crippen LogP contribution in [0.4, 0.5) is 0 Å². The van der Waals surface area contributed by atoms with Gasteiger partial charge in [0.1, 0.15) is 0 Å². The number of aryl methyl sites for hydroxylation is 1. The van der Waals surface area contributed by atoms with Crippen molar-refractivity contribution in [1.82, 2.24) is 9.80 Å². The van der Waals surface area contributed by atoms with Gasteiger partial charge in [0.05, 0.1) is 6.04 Å². The molecule has 1 saturated heterocycles. The van der Waals surface area contributed by atoms with Gasteiger partial charge in [-0.15, -0.1) is 0 Å². The predicted octanol–water partition coefficient (Wildman–Crippen LogP) is 3.12. The highest BCUT2D eigenvalue weighted by molar-refractivity contribution is 5.94. The molecule has 3 nitrogen and oxygen atoms in total. The molecule has 0 aliphatic carbocycles. The zero-order valence-electron chi connectivity index (χ0n) is 13.2. The first-order chi connectivity index (χ1) is 10.6. The van der Waals surface area contributed by atoms with Crippen LogP contribution >= 0.6 is 0 Å². The molecule has 1 atom stereocenters. The van der Waals surface area contributed by atoms with Gasteiger partial charge in [0, 0.05) is 25.2 Å². The van der Waals surface area contributed by atoms with Crippen molar-refractivity contribution >= 4 is 5.91 Å². The maximum atomic E-state index is 12.7. The summed E-state index contributed by atoms with van der Waals surface area (Å²) in [5.74, 6) is 0.137. The van der Waals surface area contributed by atoms with Crippen molar-refractivity contribution in [3.8, 4) is 0 Å². The van der Waals surface area contributed by atoms with Gasteiger partial charge >= 0.3 is 0 Å². The third-order valence-electron chi connectivity index (χ3n) is 4.38. The van der Waals surface area contributed by atoms with Gasteiger partial charge < -0.3 is 4.90 Å². The number of likely N-dealkylation sites (N-methyl/N-ethyl adjacent to an activating group) is 1. The van der Waals surface area contributed by atoms with Gasteiger partial charge in [0.25, 0.3) is 5.91 Å². The Morgan fingerprint density at radius 3 is 2.55 bits per heavy atom. The Bertz CT molecular complexity index is 653. The summed E-state index contributed by atoms with van der Waals surface area (Å²) in [5.41, 5.74) is 3.18. The van der Waals surface area contributed by atoms with Crippen LogP contribution in [0.15, 0.2) is 54.6 Å². The first kappa shape index (κ1) is 14.8. The van der Waals surface area contributed by atoms with E-state index < -0.39 is 0 Å². The fourth-order valence-corrected chi connectivity index (χ4v) is 3.05. The number of nitrogens with zero attached hydrogens (tertiary/aromatic N) is 2. The molecule has 1 unspecified atom stereocenters. The molecule has 22 heavy (non-hydrogen) atoms. The fraction of sp³-hybridized carbons (Fsp3) is 0.316. The summed E-state index contributed by atoms with van der Waals surface area (Å²) in [5, 5.41) is 0. The second-order valence-electron chi connectivity index (χ2n) is 6.03. The smallest absolute Gasteiger partial charge is 0.253 e. The Morgan fingerprint density at radius 1 is 1.05 bits per heavy atom. The van der Waals surface area contributed by atoms with Gasteiger partial charge in [-0.05, 0) is 31.7 Å². The van der Waals surface area contributed by atoms with Crippen molar-refractivity contribution in [2.24, 2.45) is 0 Å². The van der Waals surface area contributed by atoms with E-state index in [2.05, 4.69) is 36.2 Å². The maximum Gasteiger partial charge on any atom is 0.253 e. The van der Waals surface area contributed by atoms with Crippen LogP contribution in [0.2, 0.25) is 0 Å². The van der Waals surface area contributed by atoms with Crippen molar-refractivity contribution in [2.75, 3.05) is 26.7 Å². The molecule has 1 aliphatic heterocycles. The molecule has 0 aromatic heterocycles. The van der Waals surface area contributed by atoms with Crippen LogP contribution in [0.1, 0.15) is 27.5 Å². The number of hydrogen-bond donors (Lipinski definition) is 0. The number of amides is 1. The normalized spacial score (nSPS) is 19.2. The summed E-state index contributed by atoms with van der Waals surface area (Å²) in [4.78, 5) is 17.1. The summed E-state index contributed by atoms with van der Waals surface area (Å²) >= 11 is 0. The molecule has 0 radical (unpaired) electrons. The fourth-order valence-electron chi connectivity index (χ4n) is 3.05. The summed E-state index contributed by atoms with van der Waals surface area (Å²) in [6.07, 6.45) is 0. The molecule has 0 saturated carbocycles. The minimum atomic E-state index is 0.137. The summed E-state index contributed by atoms with van der Waals surface area (Å²) in [6, 6.07) is 18.5. The van der Waals surface area contributed by atoms with E-state index in [4.69, 9.17) is 0 Å². The monoisotopic (exact) mass is 294 g/mol. The Labute approximate surface area is 132 Å². The zero-order chi connectivity index (χ0) is 15.5. The minimum Gasteiger partial charge on any atom is -0.335 e. The van der Waals surface area contributed by atoms with Crippen molar-refractivity contribution in [2.45, 2.75) is 13.0 Å². The first-order valence-electron chi connectivity index (χ1n) is 7.76. The Kier molecular flexibility index (Phi) is 4.25. The largest absolute Gasteiger partial charge is 0.335 e. The van der Waals surface area contributed by atoms with E-state index in [1.54, 1.807) is 0 Å². The van der Waals surface area contributed by atoms with E-state index in [1.165, 1.54) is 5.56 Å². The zero-order valence-corrected chi connectivity index (χ0v) is 13.2. The molecule has 114 valence electrons. The number of carbonyl (C=O) groups excluding carboxylic acids is 1. The second-order valence-corrected chi connectivity index (χ2v) is 6.03. The molecule has 1 heterocycles. The lowest BCUT2D eigenvalue weighted by Crippen LogP contribution is -2.49. The van der Waals surface area contributed by atoms with E-state index in [0.29, 0.717) is 0 Å². The van der Waals surface area contributed by atoms with Crippen LogP contribution < -0.4 is 0 Å². The SMILES string of the molecule is Cc1cccc(C(=O)N2CCN(C)C(c3ccccc3)C2)c1. The van der Waals surface area contributed by atoms with Crippen LogP contribution in [-0.2, 0) is 0 Å². The summed E-state index contributed by atoms with van der Waals surface area (Å²) in [6.45, 7) is 4.45. The number of benzene rings is 2. The van der Waals surface area contributed by atoms with E-state index in [9.17, 15) is 4.79 Å². The molecule has 3 heteroatoms. The van der Waals surface area contributed by atoms with Crippen LogP contribution in [0.3, 0.4) is 0 Å². The molecule has 1 fully saturated rings.